The Kier molecular flexibility index (Phi) is 4.94. The Morgan fingerprint density at radius 3 is 2.41 bits per heavy atom. The van der Waals surface area contributed by atoms with E-state index < -0.39 is 16.7 Å². The molecule has 142 valence electrons. The van der Waals surface area contributed by atoms with Crippen LogP contribution in [0.1, 0.15) is 11.3 Å². The number of aliphatic carboxylic acids is 1. The minimum absolute atomic E-state index is 0.168. The zero-order valence-corrected chi connectivity index (χ0v) is 15.7. The zero-order valence-electron chi connectivity index (χ0n) is 14.1. The number of aromatic nitrogens is 1. The summed E-state index contributed by atoms with van der Waals surface area (Å²) in [5.41, 5.74) is 2.49. The second-order valence-corrected chi connectivity index (χ2v) is 7.16. The van der Waals surface area contributed by atoms with Gasteiger partial charge in [0, 0.05) is 17.6 Å². The molecule has 3 rings (SSSR count). The van der Waals surface area contributed by atoms with Gasteiger partial charge in [-0.05, 0) is 46.6 Å². The lowest BCUT2D eigenvalue weighted by molar-refractivity contribution is -0.217. The first kappa shape index (κ1) is 19.3. The smallest absolute Gasteiger partial charge is 0.450 e. The van der Waals surface area contributed by atoms with Gasteiger partial charge < -0.3 is 14.4 Å². The van der Waals surface area contributed by atoms with Crippen LogP contribution in [0, 0.1) is 6.92 Å². The standard InChI is InChI=1S/C19H15BrF3NO3/c1-12-10-14-15(24(12)11-13-6-3-2-4-7-13)8-5-9-16(14)27-18(20,17(25)26)19(21,22)23/h2-10H,11H2,1H3,(H,25,26). The van der Waals surface area contributed by atoms with Crippen LogP contribution < -0.4 is 4.74 Å². The van der Waals surface area contributed by atoms with E-state index in [1.54, 1.807) is 12.1 Å². The molecule has 0 saturated carbocycles. The van der Waals surface area contributed by atoms with Crippen LogP contribution in [0.3, 0.4) is 0 Å². The van der Waals surface area contributed by atoms with Crippen LogP contribution in [0.15, 0.2) is 54.6 Å². The molecule has 27 heavy (non-hydrogen) atoms. The second kappa shape index (κ2) is 6.92. The molecule has 1 heterocycles. The summed E-state index contributed by atoms with van der Waals surface area (Å²) < 4.78 is 43.1. The van der Waals surface area contributed by atoms with E-state index in [9.17, 15) is 18.0 Å². The van der Waals surface area contributed by atoms with Gasteiger partial charge in [-0.1, -0.05) is 36.4 Å². The SMILES string of the molecule is Cc1cc2c(OC(Br)(C(=O)O)C(F)(F)F)cccc2n1Cc1ccccc1. The van der Waals surface area contributed by atoms with Gasteiger partial charge in [0.25, 0.3) is 0 Å². The first-order valence-electron chi connectivity index (χ1n) is 7.94. The van der Waals surface area contributed by atoms with Crippen molar-refractivity contribution in [3.05, 3.63) is 65.9 Å². The Hall–Kier alpha value is -2.48. The molecule has 1 N–H and O–H groups in total. The summed E-state index contributed by atoms with van der Waals surface area (Å²) in [6.45, 7) is 2.35. The molecular weight excluding hydrogens is 427 g/mol. The molecule has 3 aromatic rings. The second-order valence-electron chi connectivity index (χ2n) is 6.05. The van der Waals surface area contributed by atoms with E-state index in [4.69, 9.17) is 9.84 Å². The molecule has 2 aromatic carbocycles. The molecule has 0 aliphatic carbocycles. The number of carbonyl (C=O) groups is 1. The predicted molar refractivity (Wildman–Crippen MR) is 98.2 cm³/mol. The number of fused-ring (bicyclic) bond motifs is 1. The lowest BCUT2D eigenvalue weighted by Gasteiger charge is -2.26. The van der Waals surface area contributed by atoms with Crippen LogP contribution in [0.5, 0.6) is 5.75 Å². The van der Waals surface area contributed by atoms with E-state index in [0.717, 1.165) is 11.3 Å². The Balaban J connectivity index is 2.06. The molecule has 1 unspecified atom stereocenters. The molecule has 1 atom stereocenters. The van der Waals surface area contributed by atoms with Crippen molar-refractivity contribution in [2.45, 2.75) is 24.2 Å². The number of rotatable bonds is 5. The number of halogens is 4. The van der Waals surface area contributed by atoms with Crippen molar-refractivity contribution in [1.82, 2.24) is 4.57 Å². The molecule has 0 amide bonds. The quantitative estimate of drug-likeness (QED) is 0.559. The summed E-state index contributed by atoms with van der Waals surface area (Å²) in [6, 6.07) is 15.9. The summed E-state index contributed by atoms with van der Waals surface area (Å²) >= 11 is 2.22. The fourth-order valence-electron chi connectivity index (χ4n) is 2.83. The summed E-state index contributed by atoms with van der Waals surface area (Å²) in [5.74, 6) is -2.34. The largest absolute Gasteiger partial charge is 0.477 e. The Morgan fingerprint density at radius 2 is 1.81 bits per heavy atom. The van der Waals surface area contributed by atoms with Crippen LogP contribution in [-0.4, -0.2) is 26.3 Å². The topological polar surface area (TPSA) is 51.5 Å². The van der Waals surface area contributed by atoms with Gasteiger partial charge in [0.1, 0.15) is 5.75 Å². The highest BCUT2D eigenvalue weighted by atomic mass is 79.9. The Morgan fingerprint density at radius 1 is 1.15 bits per heavy atom. The van der Waals surface area contributed by atoms with Crippen LogP contribution in [-0.2, 0) is 11.3 Å². The Bertz CT molecular complexity index is 985. The molecule has 0 radical (unpaired) electrons. The first-order chi connectivity index (χ1) is 12.6. The third kappa shape index (κ3) is 3.53. The highest BCUT2D eigenvalue weighted by Gasteiger charge is 2.62. The van der Waals surface area contributed by atoms with Crippen LogP contribution in [0.2, 0.25) is 0 Å². The number of carboxylic acids is 1. The number of nitrogens with zero attached hydrogens (tertiary/aromatic N) is 1. The molecule has 0 spiro atoms. The highest BCUT2D eigenvalue weighted by Crippen LogP contribution is 2.42. The summed E-state index contributed by atoms with van der Waals surface area (Å²) in [6.07, 6.45) is -5.15. The van der Waals surface area contributed by atoms with Gasteiger partial charge in [-0.3, -0.25) is 0 Å². The maximum absolute atomic E-state index is 13.3. The number of alkyl halides is 4. The van der Waals surface area contributed by atoms with Crippen molar-refractivity contribution in [2.75, 3.05) is 0 Å². The average molecular weight is 442 g/mol. The van der Waals surface area contributed by atoms with E-state index in [1.807, 2.05) is 41.8 Å². The van der Waals surface area contributed by atoms with Gasteiger partial charge in [0.05, 0.1) is 5.52 Å². The van der Waals surface area contributed by atoms with Crippen LogP contribution in [0.25, 0.3) is 10.9 Å². The fourth-order valence-corrected chi connectivity index (χ4v) is 3.00. The zero-order chi connectivity index (χ0) is 19.8. The van der Waals surface area contributed by atoms with E-state index in [1.165, 1.54) is 12.1 Å². The van der Waals surface area contributed by atoms with Crippen LogP contribution >= 0.6 is 15.9 Å². The molecule has 0 aliphatic heterocycles. The number of hydrogen-bond acceptors (Lipinski definition) is 2. The van der Waals surface area contributed by atoms with Gasteiger partial charge in [0.2, 0.25) is 0 Å². The number of carboxylic acid groups (broad SMARTS) is 1. The summed E-state index contributed by atoms with van der Waals surface area (Å²) in [5, 5.41) is 9.46. The highest BCUT2D eigenvalue weighted by molar-refractivity contribution is 9.10. The van der Waals surface area contributed by atoms with Gasteiger partial charge >= 0.3 is 16.7 Å². The molecule has 1 aromatic heterocycles. The van der Waals surface area contributed by atoms with Crippen molar-refractivity contribution >= 4 is 32.8 Å². The minimum atomic E-state index is -5.15. The molecule has 0 aliphatic rings. The average Bonchev–Trinajstić information content (AvgIpc) is 2.91. The summed E-state index contributed by atoms with van der Waals surface area (Å²) in [7, 11) is 0. The van der Waals surface area contributed by atoms with Gasteiger partial charge in [-0.15, -0.1) is 0 Å². The molecule has 0 fully saturated rings. The normalized spacial score (nSPS) is 14.1. The number of ether oxygens (including phenoxy) is 1. The number of aryl methyl sites for hydroxylation is 1. The molecule has 8 heteroatoms. The van der Waals surface area contributed by atoms with Crippen molar-refractivity contribution in [2.24, 2.45) is 0 Å². The molecule has 0 saturated heterocycles. The van der Waals surface area contributed by atoms with E-state index >= 15 is 0 Å². The summed E-state index contributed by atoms with van der Waals surface area (Å²) in [4.78, 5) is 11.2. The number of hydrogen-bond donors (Lipinski definition) is 1. The van der Waals surface area contributed by atoms with Gasteiger partial charge in [0.15, 0.2) is 0 Å². The lowest BCUT2D eigenvalue weighted by Crippen LogP contribution is -2.51. The molecule has 0 bridgehead atoms. The monoisotopic (exact) mass is 441 g/mol. The van der Waals surface area contributed by atoms with Crippen molar-refractivity contribution in [3.8, 4) is 5.75 Å². The molecule has 4 nitrogen and oxygen atoms in total. The van der Waals surface area contributed by atoms with E-state index in [-0.39, 0.29) is 5.75 Å². The Labute approximate surface area is 161 Å². The van der Waals surface area contributed by atoms with Crippen molar-refractivity contribution in [3.63, 3.8) is 0 Å². The van der Waals surface area contributed by atoms with E-state index in [0.29, 0.717) is 17.4 Å². The fraction of sp³-hybridized carbons (Fsp3) is 0.211. The number of benzene rings is 2. The lowest BCUT2D eigenvalue weighted by atomic mass is 10.2. The van der Waals surface area contributed by atoms with Crippen molar-refractivity contribution in [1.29, 1.82) is 0 Å². The van der Waals surface area contributed by atoms with Gasteiger partial charge in [-0.2, -0.15) is 13.2 Å². The van der Waals surface area contributed by atoms with Gasteiger partial charge in [-0.25, -0.2) is 4.79 Å². The van der Waals surface area contributed by atoms with Crippen LogP contribution in [0.4, 0.5) is 13.2 Å². The maximum atomic E-state index is 13.3. The van der Waals surface area contributed by atoms with E-state index in [2.05, 4.69) is 15.9 Å². The first-order valence-corrected chi connectivity index (χ1v) is 8.73. The predicted octanol–water partition coefficient (Wildman–Crippen LogP) is 5.11. The van der Waals surface area contributed by atoms with Crippen molar-refractivity contribution < 1.29 is 27.8 Å². The molecular formula is C19H15BrF3NO3. The maximum Gasteiger partial charge on any atom is 0.450 e. The third-order valence-electron chi connectivity index (χ3n) is 4.19. The third-order valence-corrected chi connectivity index (χ3v) is 5.14. The minimum Gasteiger partial charge on any atom is -0.477 e.